The fourth-order valence-electron chi connectivity index (χ4n) is 3.78. The molecule has 2 fully saturated rings. The largest absolute Gasteiger partial charge is 0.493 e. The lowest BCUT2D eigenvalue weighted by molar-refractivity contribution is 0.130. The van der Waals surface area contributed by atoms with Crippen molar-refractivity contribution in [3.8, 4) is 0 Å². The maximum Gasteiger partial charge on any atom is 0.163 e. The van der Waals surface area contributed by atoms with Crippen LogP contribution in [0.4, 0.5) is 0 Å². The van der Waals surface area contributed by atoms with E-state index in [1.54, 1.807) is 7.11 Å². The molecule has 0 amide bonds. The molecule has 1 aliphatic carbocycles. The molecular weight excluding hydrogens is 354 g/mol. The van der Waals surface area contributed by atoms with E-state index in [0.717, 1.165) is 57.1 Å². The van der Waals surface area contributed by atoms with Crippen molar-refractivity contribution in [2.45, 2.75) is 19.3 Å². The van der Waals surface area contributed by atoms with E-state index in [2.05, 4.69) is 26.7 Å². The number of hydrogen-bond donors (Lipinski definition) is 2. The predicted molar refractivity (Wildman–Crippen MR) is 113 cm³/mol. The van der Waals surface area contributed by atoms with E-state index in [9.17, 15) is 0 Å². The third kappa shape index (κ3) is 5.17. The van der Waals surface area contributed by atoms with Gasteiger partial charge >= 0.3 is 0 Å². The van der Waals surface area contributed by atoms with Crippen LogP contribution in [-0.4, -0.2) is 75.0 Å². The summed E-state index contributed by atoms with van der Waals surface area (Å²) in [7, 11) is 1.65. The quantitative estimate of drug-likeness (QED) is 0.691. The monoisotopic (exact) mass is 387 g/mol. The van der Waals surface area contributed by atoms with E-state index >= 15 is 0 Å². The number of nitrogens with two attached hydrogens (primary N) is 1. The zero-order chi connectivity index (χ0) is 19.8. The number of likely N-dealkylation sites (tertiary alicyclic amines) is 1. The van der Waals surface area contributed by atoms with Gasteiger partial charge in [0.2, 0.25) is 0 Å². The van der Waals surface area contributed by atoms with Crippen molar-refractivity contribution in [3.63, 3.8) is 0 Å². The first-order valence-corrected chi connectivity index (χ1v) is 10.2. The Bertz CT molecular complexity index is 668. The molecule has 3 N–H and O–H groups in total. The number of nitrogens with one attached hydrogen (secondary N) is 1. The molecule has 0 unspecified atom stereocenters. The first kappa shape index (κ1) is 20.5. The third-order valence-corrected chi connectivity index (χ3v) is 5.36. The van der Waals surface area contributed by atoms with E-state index in [1.165, 1.54) is 25.5 Å². The minimum Gasteiger partial charge on any atom is -0.493 e. The van der Waals surface area contributed by atoms with Crippen molar-refractivity contribution in [3.05, 3.63) is 47.8 Å². The van der Waals surface area contributed by atoms with Crippen molar-refractivity contribution < 1.29 is 9.47 Å². The van der Waals surface area contributed by atoms with E-state index in [0.29, 0.717) is 23.9 Å². The third-order valence-electron chi connectivity index (χ3n) is 5.36. The smallest absolute Gasteiger partial charge is 0.163 e. The number of hydrogen-bond acceptors (Lipinski definition) is 7. The number of ether oxygens (including phenoxy) is 2. The Morgan fingerprint density at radius 2 is 1.93 bits per heavy atom. The molecule has 0 aromatic heterocycles. The summed E-state index contributed by atoms with van der Waals surface area (Å²) in [6.07, 6.45) is 9.26. The van der Waals surface area contributed by atoms with Crippen LogP contribution in [0, 0.1) is 0 Å². The number of allylic oxidation sites excluding steroid dienone is 3. The molecule has 28 heavy (non-hydrogen) atoms. The average molecular weight is 388 g/mol. The van der Waals surface area contributed by atoms with Crippen LogP contribution in [0.5, 0.6) is 0 Å². The SMILES string of the molecule is C=C/N=C1/C=C(OCCN2CCCCC2)C(OC)=C/C1=C(/N)N1CCNCC1. The Kier molecular flexibility index (Phi) is 7.56. The molecule has 3 aliphatic rings. The van der Waals surface area contributed by atoms with E-state index in [4.69, 9.17) is 15.2 Å². The molecule has 0 atom stereocenters. The molecule has 2 heterocycles. The summed E-state index contributed by atoms with van der Waals surface area (Å²) in [6.45, 7) is 11.2. The highest BCUT2D eigenvalue weighted by atomic mass is 16.5. The van der Waals surface area contributed by atoms with Crippen LogP contribution < -0.4 is 11.1 Å². The highest BCUT2D eigenvalue weighted by Crippen LogP contribution is 2.25. The van der Waals surface area contributed by atoms with Crippen LogP contribution >= 0.6 is 0 Å². The van der Waals surface area contributed by atoms with Crippen LogP contribution in [0.1, 0.15) is 19.3 Å². The van der Waals surface area contributed by atoms with Crippen molar-refractivity contribution in [1.82, 2.24) is 15.1 Å². The van der Waals surface area contributed by atoms with Crippen molar-refractivity contribution >= 4 is 5.71 Å². The molecule has 154 valence electrons. The van der Waals surface area contributed by atoms with Gasteiger partial charge in [-0.15, -0.1) is 0 Å². The lowest BCUT2D eigenvalue weighted by atomic mass is 10.0. The second kappa shape index (κ2) is 10.3. The van der Waals surface area contributed by atoms with Crippen molar-refractivity contribution in [1.29, 1.82) is 0 Å². The molecular formula is C21H33N5O2. The van der Waals surface area contributed by atoms with Gasteiger partial charge in [-0.25, -0.2) is 0 Å². The summed E-state index contributed by atoms with van der Waals surface area (Å²) in [5.41, 5.74) is 8.09. The maximum atomic E-state index is 6.49. The Labute approximate surface area is 168 Å². The van der Waals surface area contributed by atoms with Gasteiger partial charge in [0.1, 0.15) is 12.4 Å². The summed E-state index contributed by atoms with van der Waals surface area (Å²) >= 11 is 0. The summed E-state index contributed by atoms with van der Waals surface area (Å²) < 4.78 is 11.7. The minimum absolute atomic E-state index is 0.625. The zero-order valence-electron chi connectivity index (χ0n) is 17.0. The molecule has 0 aromatic carbocycles. The highest BCUT2D eigenvalue weighted by Gasteiger charge is 2.23. The molecule has 0 bridgehead atoms. The molecule has 0 spiro atoms. The first-order chi connectivity index (χ1) is 13.7. The van der Waals surface area contributed by atoms with Gasteiger partial charge in [-0.2, -0.15) is 0 Å². The Morgan fingerprint density at radius 1 is 1.18 bits per heavy atom. The molecule has 0 aromatic rings. The van der Waals surface area contributed by atoms with Crippen LogP contribution in [0.25, 0.3) is 0 Å². The minimum atomic E-state index is 0.625. The van der Waals surface area contributed by atoms with Gasteiger partial charge in [-0.05, 0) is 32.0 Å². The van der Waals surface area contributed by atoms with Gasteiger partial charge in [0.05, 0.1) is 12.8 Å². The van der Waals surface area contributed by atoms with Gasteiger partial charge in [0.15, 0.2) is 11.5 Å². The van der Waals surface area contributed by atoms with Crippen molar-refractivity contribution in [2.24, 2.45) is 10.7 Å². The predicted octanol–water partition coefficient (Wildman–Crippen LogP) is 1.58. The number of piperidine rings is 1. The van der Waals surface area contributed by atoms with Gasteiger partial charge < -0.3 is 25.4 Å². The normalized spacial score (nSPS) is 24.5. The Hall–Kier alpha value is -2.25. The average Bonchev–Trinajstić information content (AvgIpc) is 2.75. The number of aliphatic imine (C=N–C) groups is 1. The molecule has 7 heteroatoms. The summed E-state index contributed by atoms with van der Waals surface area (Å²) in [5.74, 6) is 2.08. The van der Waals surface area contributed by atoms with E-state index in [-0.39, 0.29) is 0 Å². The second-order valence-electron chi connectivity index (χ2n) is 7.20. The van der Waals surface area contributed by atoms with Crippen LogP contribution in [0.15, 0.2) is 52.8 Å². The van der Waals surface area contributed by atoms with Crippen LogP contribution in [0.2, 0.25) is 0 Å². The number of nitrogens with zero attached hydrogens (tertiary/aromatic N) is 3. The van der Waals surface area contributed by atoms with Crippen LogP contribution in [0.3, 0.4) is 0 Å². The lowest BCUT2D eigenvalue weighted by Gasteiger charge is -2.31. The molecule has 2 aliphatic heterocycles. The molecule has 2 saturated heterocycles. The first-order valence-electron chi connectivity index (χ1n) is 10.2. The number of piperazine rings is 1. The Balaban J connectivity index is 1.73. The van der Waals surface area contributed by atoms with Crippen LogP contribution in [-0.2, 0) is 9.47 Å². The van der Waals surface area contributed by atoms with E-state index in [1.807, 2.05) is 12.2 Å². The highest BCUT2D eigenvalue weighted by molar-refractivity contribution is 6.12. The van der Waals surface area contributed by atoms with E-state index < -0.39 is 0 Å². The zero-order valence-corrected chi connectivity index (χ0v) is 17.0. The fraction of sp³-hybridized carbons (Fsp3) is 0.571. The van der Waals surface area contributed by atoms with Crippen molar-refractivity contribution in [2.75, 3.05) is 59.5 Å². The number of rotatable bonds is 7. The molecule has 0 radical (unpaired) electrons. The molecule has 7 nitrogen and oxygen atoms in total. The summed E-state index contributed by atoms with van der Waals surface area (Å²) in [4.78, 5) is 9.06. The number of methoxy groups -OCH3 is 1. The van der Waals surface area contributed by atoms with Gasteiger partial charge in [-0.1, -0.05) is 13.0 Å². The standard InChI is InChI=1S/C21H33N5O2/c1-3-24-18-16-20(28-14-13-25-9-5-4-6-10-25)19(27-2)15-17(18)21(22)26-11-7-23-8-12-26/h3,15-16,23H,1,4-14,22H2,2H3/b21-17+,24-18-. The maximum absolute atomic E-state index is 6.49. The second-order valence-corrected chi connectivity index (χ2v) is 7.20. The van der Waals surface area contributed by atoms with Gasteiger partial charge in [0.25, 0.3) is 0 Å². The lowest BCUT2D eigenvalue weighted by Crippen LogP contribution is -2.45. The summed E-state index contributed by atoms with van der Waals surface area (Å²) in [6, 6.07) is 0. The molecule has 0 saturated carbocycles. The molecule has 3 rings (SSSR count). The van der Waals surface area contributed by atoms with Gasteiger partial charge in [0, 0.05) is 50.6 Å². The fourth-order valence-corrected chi connectivity index (χ4v) is 3.78. The topological polar surface area (TPSA) is 75.3 Å². The summed E-state index contributed by atoms with van der Waals surface area (Å²) in [5, 5.41) is 3.34. The van der Waals surface area contributed by atoms with Gasteiger partial charge in [-0.3, -0.25) is 9.89 Å². The Morgan fingerprint density at radius 3 is 2.61 bits per heavy atom.